The molecule has 0 spiro atoms. The van der Waals surface area contributed by atoms with Crippen LogP contribution in [0.3, 0.4) is 0 Å². The van der Waals surface area contributed by atoms with Gasteiger partial charge in [-0.25, -0.2) is 0 Å². The zero-order valence-electron chi connectivity index (χ0n) is 17.3. The first-order chi connectivity index (χ1) is 15.0. The van der Waals surface area contributed by atoms with Crippen molar-refractivity contribution >= 4 is 28.5 Å². The van der Waals surface area contributed by atoms with E-state index in [9.17, 15) is 19.8 Å². The van der Waals surface area contributed by atoms with Gasteiger partial charge in [0, 0.05) is 54.5 Å². The van der Waals surface area contributed by atoms with Crippen LogP contribution in [0.4, 0.5) is 5.69 Å². The molecule has 31 heavy (non-hydrogen) atoms. The van der Waals surface area contributed by atoms with Gasteiger partial charge >= 0.3 is 11.9 Å². The highest BCUT2D eigenvalue weighted by molar-refractivity contribution is 5.90. The minimum Gasteiger partial charge on any atom is -0.497 e. The summed E-state index contributed by atoms with van der Waals surface area (Å²) < 4.78 is 6.82. The molecule has 2 aromatic carbocycles. The normalized spacial score (nSPS) is 15.7. The molecule has 0 aliphatic carbocycles. The van der Waals surface area contributed by atoms with E-state index in [4.69, 9.17) is 4.74 Å². The minimum atomic E-state index is -0.965. The van der Waals surface area contributed by atoms with Crippen LogP contribution in [0.25, 0.3) is 10.9 Å². The Labute approximate surface area is 179 Å². The lowest BCUT2D eigenvalue weighted by molar-refractivity contribution is -0.143. The second-order valence-corrected chi connectivity index (χ2v) is 7.59. The van der Waals surface area contributed by atoms with Crippen molar-refractivity contribution in [2.45, 2.75) is 12.6 Å². The molecule has 2 heterocycles. The van der Waals surface area contributed by atoms with Crippen molar-refractivity contribution in [2.24, 2.45) is 0 Å². The number of aliphatic carboxylic acids is 2. The Morgan fingerprint density at radius 3 is 2.29 bits per heavy atom. The maximum absolute atomic E-state index is 12.3. The predicted molar refractivity (Wildman–Crippen MR) is 117 cm³/mol. The monoisotopic (exact) mass is 423 g/mol. The van der Waals surface area contributed by atoms with Crippen molar-refractivity contribution in [1.29, 1.82) is 0 Å². The fraction of sp³-hybridized carbons (Fsp3) is 0.304. The van der Waals surface area contributed by atoms with E-state index >= 15 is 0 Å². The molecule has 3 aromatic rings. The Bertz CT molecular complexity index is 1080. The highest BCUT2D eigenvalue weighted by Crippen LogP contribution is 2.32. The molecule has 1 saturated heterocycles. The number of benzene rings is 2. The minimum absolute atomic E-state index is 0.210. The number of piperazine rings is 1. The van der Waals surface area contributed by atoms with Crippen LogP contribution in [0.15, 0.2) is 54.7 Å². The predicted octanol–water partition coefficient (Wildman–Crippen LogP) is 2.68. The molecule has 4 rings (SSSR count). The van der Waals surface area contributed by atoms with Crippen molar-refractivity contribution in [1.82, 2.24) is 9.47 Å². The number of carboxylic acids is 2. The molecule has 0 bridgehead atoms. The maximum Gasteiger partial charge on any atom is 0.325 e. The summed E-state index contributed by atoms with van der Waals surface area (Å²) in [7, 11) is 1.63. The number of hydrogen-bond acceptors (Lipinski definition) is 5. The number of nitrogens with zero attached hydrogens (tertiary/aromatic N) is 3. The van der Waals surface area contributed by atoms with Gasteiger partial charge in [-0.05, 0) is 30.3 Å². The first-order valence-electron chi connectivity index (χ1n) is 10.1. The number of anilines is 1. The third kappa shape index (κ3) is 4.20. The van der Waals surface area contributed by atoms with Gasteiger partial charge in [0.1, 0.15) is 18.3 Å². The van der Waals surface area contributed by atoms with E-state index in [1.807, 2.05) is 53.4 Å². The molecule has 0 unspecified atom stereocenters. The summed E-state index contributed by atoms with van der Waals surface area (Å²) in [6.45, 7) is 2.36. The second kappa shape index (κ2) is 8.69. The number of methoxy groups -OCH3 is 1. The summed E-state index contributed by atoms with van der Waals surface area (Å²) in [4.78, 5) is 27.8. The van der Waals surface area contributed by atoms with Crippen molar-refractivity contribution in [3.8, 4) is 5.75 Å². The lowest BCUT2D eigenvalue weighted by Crippen LogP contribution is -2.49. The second-order valence-electron chi connectivity index (χ2n) is 7.59. The van der Waals surface area contributed by atoms with Crippen LogP contribution in [0.5, 0.6) is 5.75 Å². The van der Waals surface area contributed by atoms with E-state index in [2.05, 4.69) is 4.90 Å². The van der Waals surface area contributed by atoms with Crippen molar-refractivity contribution in [3.63, 3.8) is 0 Å². The average Bonchev–Trinajstić information content (AvgIpc) is 3.12. The SMILES string of the molecule is COc1ccc(N2CCN([C@@H](C(=O)O)c3cn(CC(=O)O)c4ccccc34)CC2)cc1. The highest BCUT2D eigenvalue weighted by atomic mass is 16.5. The molecule has 1 aliphatic heterocycles. The molecular formula is C23H25N3O5. The number of carboxylic acid groups (broad SMARTS) is 2. The van der Waals surface area contributed by atoms with Gasteiger partial charge in [0.05, 0.1) is 7.11 Å². The number of aromatic nitrogens is 1. The zero-order chi connectivity index (χ0) is 22.0. The summed E-state index contributed by atoms with van der Waals surface area (Å²) in [6.07, 6.45) is 1.67. The van der Waals surface area contributed by atoms with Crippen LogP contribution in [-0.2, 0) is 16.1 Å². The molecule has 2 N–H and O–H groups in total. The van der Waals surface area contributed by atoms with Gasteiger partial charge in [0.15, 0.2) is 0 Å². The first-order valence-corrected chi connectivity index (χ1v) is 10.1. The number of hydrogen-bond donors (Lipinski definition) is 2. The standard InChI is InChI=1S/C23H25N3O5/c1-31-17-8-6-16(7-9-17)24-10-12-25(13-11-24)22(23(29)30)19-14-26(15-21(27)28)20-5-3-2-4-18(19)20/h2-9,14,22H,10-13,15H2,1H3,(H,27,28)(H,29,30)/t22-/m1/s1. The van der Waals surface area contributed by atoms with Gasteiger partial charge in [-0.3, -0.25) is 14.5 Å². The molecule has 1 fully saturated rings. The lowest BCUT2D eigenvalue weighted by atomic mass is 10.0. The quantitative estimate of drug-likeness (QED) is 0.603. The Hall–Kier alpha value is -3.52. The molecule has 162 valence electrons. The van der Waals surface area contributed by atoms with Crippen LogP contribution in [0.1, 0.15) is 11.6 Å². The van der Waals surface area contributed by atoms with Gasteiger partial charge in [-0.2, -0.15) is 0 Å². The molecule has 8 heteroatoms. The van der Waals surface area contributed by atoms with E-state index in [-0.39, 0.29) is 6.54 Å². The fourth-order valence-corrected chi connectivity index (χ4v) is 4.29. The van der Waals surface area contributed by atoms with Gasteiger partial charge in [-0.1, -0.05) is 18.2 Å². The number of fused-ring (bicyclic) bond motifs is 1. The number of carbonyl (C=O) groups is 2. The van der Waals surface area contributed by atoms with E-state index < -0.39 is 18.0 Å². The number of rotatable bonds is 7. The fourth-order valence-electron chi connectivity index (χ4n) is 4.29. The third-order valence-corrected chi connectivity index (χ3v) is 5.77. The van der Waals surface area contributed by atoms with Gasteiger partial charge in [-0.15, -0.1) is 0 Å². The largest absolute Gasteiger partial charge is 0.497 e. The topological polar surface area (TPSA) is 95.2 Å². The van der Waals surface area contributed by atoms with Gasteiger partial charge < -0.3 is 24.4 Å². The third-order valence-electron chi connectivity index (χ3n) is 5.77. The zero-order valence-corrected chi connectivity index (χ0v) is 17.3. The van der Waals surface area contributed by atoms with E-state index in [0.717, 1.165) is 22.3 Å². The summed E-state index contributed by atoms with van der Waals surface area (Å²) in [5.74, 6) is -1.10. The van der Waals surface area contributed by atoms with E-state index in [1.54, 1.807) is 17.9 Å². The van der Waals surface area contributed by atoms with Crippen molar-refractivity contribution in [3.05, 3.63) is 60.3 Å². The molecule has 0 saturated carbocycles. The highest BCUT2D eigenvalue weighted by Gasteiger charge is 2.33. The summed E-state index contributed by atoms with van der Waals surface area (Å²) in [5, 5.41) is 20.1. The Balaban J connectivity index is 1.58. The van der Waals surface area contributed by atoms with Crippen molar-refractivity contribution in [2.75, 3.05) is 38.2 Å². The van der Waals surface area contributed by atoms with Crippen LogP contribution >= 0.6 is 0 Å². The molecule has 1 aliphatic rings. The molecule has 0 radical (unpaired) electrons. The Morgan fingerprint density at radius 1 is 1.00 bits per heavy atom. The number of ether oxygens (including phenoxy) is 1. The van der Waals surface area contributed by atoms with E-state index in [0.29, 0.717) is 31.7 Å². The molecular weight excluding hydrogens is 398 g/mol. The molecule has 1 atom stereocenters. The van der Waals surface area contributed by atoms with Crippen LogP contribution < -0.4 is 9.64 Å². The van der Waals surface area contributed by atoms with E-state index in [1.165, 1.54) is 0 Å². The molecule has 8 nitrogen and oxygen atoms in total. The van der Waals surface area contributed by atoms with Crippen LogP contribution in [-0.4, -0.2) is 64.9 Å². The average molecular weight is 423 g/mol. The van der Waals surface area contributed by atoms with Crippen LogP contribution in [0, 0.1) is 0 Å². The summed E-state index contributed by atoms with van der Waals surface area (Å²) in [5.41, 5.74) is 2.43. The summed E-state index contributed by atoms with van der Waals surface area (Å²) >= 11 is 0. The van der Waals surface area contributed by atoms with Crippen LogP contribution in [0.2, 0.25) is 0 Å². The first kappa shape index (κ1) is 20.7. The van der Waals surface area contributed by atoms with Crippen molar-refractivity contribution < 1.29 is 24.5 Å². The smallest absolute Gasteiger partial charge is 0.325 e. The maximum atomic E-state index is 12.3. The number of para-hydroxylation sites is 1. The Morgan fingerprint density at radius 2 is 1.68 bits per heavy atom. The van der Waals surface area contributed by atoms with Gasteiger partial charge in [0.25, 0.3) is 0 Å². The molecule has 0 amide bonds. The molecule has 1 aromatic heterocycles. The summed E-state index contributed by atoms with van der Waals surface area (Å²) in [6, 6.07) is 14.3. The lowest BCUT2D eigenvalue weighted by Gasteiger charge is -2.38. The Kier molecular flexibility index (Phi) is 5.81. The van der Waals surface area contributed by atoms with Gasteiger partial charge in [0.2, 0.25) is 0 Å².